The number of amides is 1. The molecular formula is C44H63NO6. The van der Waals surface area contributed by atoms with Crippen molar-refractivity contribution in [1.82, 2.24) is 4.90 Å². The van der Waals surface area contributed by atoms with Gasteiger partial charge in [-0.2, -0.15) is 0 Å². The lowest BCUT2D eigenvalue weighted by atomic mass is 9.33. The van der Waals surface area contributed by atoms with Crippen molar-refractivity contribution in [3.63, 3.8) is 0 Å². The quantitative estimate of drug-likeness (QED) is 0.272. The molecule has 5 aliphatic rings. The first kappa shape index (κ1) is 37.8. The van der Waals surface area contributed by atoms with Crippen LogP contribution in [0.1, 0.15) is 132 Å². The molecule has 280 valence electrons. The molecule has 6 rings (SSSR count). The zero-order valence-corrected chi connectivity index (χ0v) is 33.0. The minimum atomic E-state index is -1.17. The average Bonchev–Trinajstić information content (AvgIpc) is 3.35. The Balaban J connectivity index is 1.30. The maximum Gasteiger partial charge on any atom is 0.309 e. The summed E-state index contributed by atoms with van der Waals surface area (Å²) in [6.45, 7) is 20.0. The Morgan fingerprint density at radius 1 is 0.902 bits per heavy atom. The van der Waals surface area contributed by atoms with Crippen molar-refractivity contribution < 1.29 is 29.0 Å². The van der Waals surface area contributed by atoms with Crippen molar-refractivity contribution in [2.75, 3.05) is 7.05 Å². The van der Waals surface area contributed by atoms with Gasteiger partial charge in [0.05, 0.1) is 17.3 Å². The van der Waals surface area contributed by atoms with Crippen LogP contribution in [0.5, 0.6) is 0 Å². The second kappa shape index (κ2) is 12.6. The van der Waals surface area contributed by atoms with Gasteiger partial charge in [0.1, 0.15) is 6.10 Å². The fourth-order valence-electron chi connectivity index (χ4n) is 13.0. The molecule has 0 spiro atoms. The van der Waals surface area contributed by atoms with E-state index in [4.69, 9.17) is 4.74 Å². The van der Waals surface area contributed by atoms with Crippen molar-refractivity contribution in [1.29, 1.82) is 0 Å². The molecular weight excluding hydrogens is 638 g/mol. The minimum absolute atomic E-state index is 0.0259. The Bertz CT molecular complexity index is 1620. The van der Waals surface area contributed by atoms with Gasteiger partial charge in [0.2, 0.25) is 5.91 Å². The molecule has 0 saturated heterocycles. The average molecular weight is 702 g/mol. The number of benzene rings is 1. The summed E-state index contributed by atoms with van der Waals surface area (Å²) >= 11 is 0. The Morgan fingerprint density at radius 3 is 2.20 bits per heavy atom. The molecule has 4 fully saturated rings. The maximum atomic E-state index is 14.8. The summed E-state index contributed by atoms with van der Waals surface area (Å²) in [5.74, 6) is -0.0458. The number of esters is 1. The van der Waals surface area contributed by atoms with Crippen LogP contribution in [0, 0.1) is 56.2 Å². The van der Waals surface area contributed by atoms with Gasteiger partial charge in [-0.1, -0.05) is 78.8 Å². The lowest BCUT2D eigenvalue weighted by Gasteiger charge is -2.72. The summed E-state index contributed by atoms with van der Waals surface area (Å²) in [5.41, 5.74) is 1.07. The van der Waals surface area contributed by atoms with Crippen LogP contribution in [0.25, 0.3) is 0 Å². The maximum absolute atomic E-state index is 14.8. The number of hydrogen-bond donors (Lipinski definition) is 1. The fraction of sp³-hybridized carbons (Fsp3) is 0.727. The Kier molecular flexibility index (Phi) is 9.32. The van der Waals surface area contributed by atoms with E-state index in [0.29, 0.717) is 31.2 Å². The van der Waals surface area contributed by atoms with E-state index in [0.717, 1.165) is 56.1 Å². The molecule has 51 heavy (non-hydrogen) atoms. The van der Waals surface area contributed by atoms with E-state index in [1.54, 1.807) is 13.8 Å². The topological polar surface area (TPSA) is 101 Å². The molecule has 8 atom stereocenters. The number of rotatable bonds is 8. The third kappa shape index (κ3) is 5.64. The second-order valence-corrected chi connectivity index (χ2v) is 19.6. The monoisotopic (exact) mass is 701 g/mol. The van der Waals surface area contributed by atoms with E-state index in [1.165, 1.54) is 5.57 Å². The molecule has 7 heteroatoms. The van der Waals surface area contributed by atoms with Gasteiger partial charge in [-0.3, -0.25) is 19.2 Å². The van der Waals surface area contributed by atoms with Crippen LogP contribution in [0.4, 0.5) is 0 Å². The van der Waals surface area contributed by atoms with Crippen molar-refractivity contribution in [2.45, 2.75) is 139 Å². The van der Waals surface area contributed by atoms with Crippen molar-refractivity contribution in [3.05, 3.63) is 47.0 Å². The highest BCUT2D eigenvalue weighted by Crippen LogP contribution is 2.77. The number of nitrogens with zero attached hydrogens (tertiary/aromatic N) is 1. The lowest BCUT2D eigenvalue weighted by Crippen LogP contribution is -2.66. The number of carbonyl (C=O) groups excluding carboxylic acids is 3. The van der Waals surface area contributed by atoms with Crippen molar-refractivity contribution in [3.8, 4) is 0 Å². The van der Waals surface area contributed by atoms with E-state index in [9.17, 15) is 24.3 Å². The van der Waals surface area contributed by atoms with Crippen LogP contribution in [-0.2, 0) is 30.5 Å². The first-order valence-electron chi connectivity index (χ1n) is 19.7. The van der Waals surface area contributed by atoms with Gasteiger partial charge in [-0.05, 0) is 122 Å². The molecule has 5 aliphatic carbocycles. The Labute approximate surface area is 306 Å². The number of hydrogen-bond acceptors (Lipinski definition) is 5. The SMILES string of the molecule is CC(C)C1=C2C3CCC4[C@@]5(C)CC[C@H](OC(=O)CC(C)(C)C(=O)O)C(C)(C)C5CC[C@@]4(C)[C@]3(C)CC[C@@]2(C(=O)N(C)Cc2ccccc2)CC1=O. The van der Waals surface area contributed by atoms with E-state index in [2.05, 4.69) is 60.6 Å². The van der Waals surface area contributed by atoms with Gasteiger partial charge in [0.25, 0.3) is 0 Å². The third-order valence-corrected chi connectivity index (χ3v) is 15.8. The zero-order chi connectivity index (χ0) is 37.5. The molecule has 4 saturated carbocycles. The molecule has 7 nitrogen and oxygen atoms in total. The first-order chi connectivity index (χ1) is 23.7. The normalized spacial score (nSPS) is 37.2. The van der Waals surface area contributed by atoms with E-state index < -0.39 is 22.8 Å². The molecule has 1 amide bonds. The van der Waals surface area contributed by atoms with E-state index in [-0.39, 0.29) is 57.7 Å². The number of ketones is 1. The lowest BCUT2D eigenvalue weighted by molar-refractivity contribution is -0.233. The van der Waals surface area contributed by atoms with Crippen LogP contribution >= 0.6 is 0 Å². The highest BCUT2D eigenvalue weighted by molar-refractivity contribution is 6.06. The molecule has 0 aliphatic heterocycles. The van der Waals surface area contributed by atoms with Crippen LogP contribution in [0.3, 0.4) is 0 Å². The number of Topliss-reactive ketones (excluding diaryl/α,β-unsaturated/α-hetero) is 1. The number of ether oxygens (including phenoxy) is 1. The van der Waals surface area contributed by atoms with Gasteiger partial charge in [0.15, 0.2) is 5.78 Å². The van der Waals surface area contributed by atoms with Crippen molar-refractivity contribution >= 4 is 23.6 Å². The van der Waals surface area contributed by atoms with Crippen LogP contribution in [0.15, 0.2) is 41.5 Å². The van der Waals surface area contributed by atoms with E-state index in [1.807, 2.05) is 30.1 Å². The summed E-state index contributed by atoms with van der Waals surface area (Å²) < 4.78 is 6.16. The highest BCUT2D eigenvalue weighted by atomic mass is 16.5. The van der Waals surface area contributed by atoms with E-state index >= 15 is 0 Å². The predicted molar refractivity (Wildman–Crippen MR) is 198 cm³/mol. The van der Waals surface area contributed by atoms with Crippen LogP contribution in [0.2, 0.25) is 0 Å². The fourth-order valence-corrected chi connectivity index (χ4v) is 13.0. The predicted octanol–water partition coefficient (Wildman–Crippen LogP) is 9.04. The zero-order valence-electron chi connectivity index (χ0n) is 33.0. The summed E-state index contributed by atoms with van der Waals surface area (Å²) in [4.78, 5) is 55.5. The molecule has 3 unspecified atom stereocenters. The first-order valence-corrected chi connectivity index (χ1v) is 19.7. The van der Waals surface area contributed by atoms with Gasteiger partial charge < -0.3 is 14.7 Å². The highest BCUT2D eigenvalue weighted by Gasteiger charge is 2.71. The largest absolute Gasteiger partial charge is 0.481 e. The molecule has 1 aromatic rings. The number of fused-ring (bicyclic) bond motifs is 7. The van der Waals surface area contributed by atoms with Crippen LogP contribution in [-0.4, -0.2) is 46.8 Å². The number of carbonyl (C=O) groups is 4. The summed E-state index contributed by atoms with van der Waals surface area (Å²) in [5, 5.41) is 9.60. The number of allylic oxidation sites excluding steroid dienone is 1. The molecule has 1 aromatic carbocycles. The molecule has 0 aromatic heterocycles. The molecule has 1 N–H and O–H groups in total. The smallest absolute Gasteiger partial charge is 0.309 e. The summed E-state index contributed by atoms with van der Waals surface area (Å²) in [6, 6.07) is 10.1. The van der Waals surface area contributed by atoms with Crippen molar-refractivity contribution in [2.24, 2.45) is 56.2 Å². The Hall–Kier alpha value is -2.96. The Morgan fingerprint density at radius 2 is 1.57 bits per heavy atom. The van der Waals surface area contributed by atoms with Gasteiger partial charge in [-0.15, -0.1) is 0 Å². The summed E-state index contributed by atoms with van der Waals surface area (Å²) in [6.07, 6.45) is 7.44. The number of carboxylic acid groups (broad SMARTS) is 1. The third-order valence-electron chi connectivity index (χ3n) is 15.8. The molecule has 0 radical (unpaired) electrons. The number of aliphatic carboxylic acids is 1. The van der Waals surface area contributed by atoms with Gasteiger partial charge >= 0.3 is 11.9 Å². The minimum Gasteiger partial charge on any atom is -0.481 e. The summed E-state index contributed by atoms with van der Waals surface area (Å²) in [7, 11) is 1.91. The standard InChI is InChI=1S/C44H63NO6/c1-27(2)35-30(46)24-44(37(48)45(10)26-28-14-12-11-13-15-28)23-22-42(8)29(36(35)44)16-17-32-41(7)20-19-33(51-34(47)25-39(3,4)38(49)50)40(5,6)31(41)18-21-43(32,42)9/h11-15,27,29,31-33H,16-26H2,1-10H3,(H,49,50)/t29?,31?,32?,33-,41-,42+,43+,44+/m0/s1. The van der Waals surface area contributed by atoms with Crippen LogP contribution < -0.4 is 0 Å². The molecule has 0 heterocycles. The van der Waals surface area contributed by atoms with Gasteiger partial charge in [0, 0.05) is 25.4 Å². The second-order valence-electron chi connectivity index (χ2n) is 19.6. The number of carboxylic acids is 1. The van der Waals surface area contributed by atoms with Gasteiger partial charge in [-0.25, -0.2) is 0 Å². The molecule has 0 bridgehead atoms.